The first-order valence-electron chi connectivity index (χ1n) is 14.7. The average molecular weight is 682 g/mol. The molecule has 1 fully saturated rings. The predicted octanol–water partition coefficient (Wildman–Crippen LogP) is 7.19. The van der Waals surface area contributed by atoms with Crippen molar-refractivity contribution in [2.75, 3.05) is 51.1 Å². The molecule has 1 aliphatic heterocycles. The molecule has 2 aromatic carbocycles. The van der Waals surface area contributed by atoms with E-state index in [2.05, 4.69) is 21.9 Å². The fourth-order valence-corrected chi connectivity index (χ4v) is 6.30. The van der Waals surface area contributed by atoms with E-state index in [9.17, 15) is 27.2 Å². The Morgan fingerprint density at radius 3 is 2.51 bits per heavy atom. The van der Waals surface area contributed by atoms with Gasteiger partial charge in [0.1, 0.15) is 23.3 Å². The number of esters is 1. The van der Waals surface area contributed by atoms with Gasteiger partial charge in [0.05, 0.1) is 59.7 Å². The van der Waals surface area contributed by atoms with Crippen LogP contribution in [0.5, 0.6) is 5.75 Å². The fourth-order valence-electron chi connectivity index (χ4n) is 5.13. The molecule has 0 saturated carbocycles. The summed E-state index contributed by atoms with van der Waals surface area (Å²) in [6.07, 6.45) is -7.40. The fraction of sp³-hybridized carbons (Fsp3) is 0.455. The molecule has 0 spiro atoms. The number of hydrogen-bond acceptors (Lipinski definition) is 8. The Morgan fingerprint density at radius 2 is 1.89 bits per heavy atom. The summed E-state index contributed by atoms with van der Waals surface area (Å²) in [7, 11) is 4.15. The largest absolute Gasteiger partial charge is 0.495 e. The third-order valence-electron chi connectivity index (χ3n) is 7.30. The third-order valence-corrected chi connectivity index (χ3v) is 8.50. The SMILES string of the molecule is COC(=O)c1cc(OC)c(N(CC#Cc2sc3c(N[C@@H]4CCN(C)C[C@@H]4F)cccc3c2CC(F)(F)F)C(=O)OC(C)(C)C)cc1F. The lowest BCUT2D eigenvalue weighted by Gasteiger charge is -2.33. The number of hydrogen-bond donors (Lipinski definition) is 1. The Kier molecular flexibility index (Phi) is 10.9. The van der Waals surface area contributed by atoms with Crippen molar-refractivity contribution in [2.24, 2.45) is 0 Å². The van der Waals surface area contributed by atoms with Gasteiger partial charge in [-0.15, -0.1) is 11.3 Å². The van der Waals surface area contributed by atoms with Crippen molar-refractivity contribution in [3.05, 3.63) is 52.2 Å². The van der Waals surface area contributed by atoms with Gasteiger partial charge in [0.2, 0.25) is 0 Å². The first-order chi connectivity index (χ1) is 22.0. The maximum atomic E-state index is 15.0. The minimum absolute atomic E-state index is 0.0521. The molecular formula is C33H36F5N3O5S. The van der Waals surface area contributed by atoms with Crippen LogP contribution in [0.3, 0.4) is 0 Å². The summed E-state index contributed by atoms with van der Waals surface area (Å²) in [5.41, 5.74) is -1.08. The number of ether oxygens (including phenoxy) is 3. The van der Waals surface area contributed by atoms with Crippen molar-refractivity contribution < 1.29 is 45.8 Å². The molecule has 1 N–H and O–H groups in total. The highest BCUT2D eigenvalue weighted by molar-refractivity contribution is 7.20. The Bertz CT molecular complexity index is 1690. The van der Waals surface area contributed by atoms with Crippen molar-refractivity contribution in [3.8, 4) is 17.6 Å². The Hall–Kier alpha value is -4.09. The molecule has 8 nitrogen and oxygen atoms in total. The van der Waals surface area contributed by atoms with Crippen LogP contribution in [0.25, 0.3) is 10.1 Å². The molecule has 47 heavy (non-hydrogen) atoms. The number of carbonyl (C=O) groups excluding carboxylic acids is 2. The quantitative estimate of drug-likeness (QED) is 0.161. The molecule has 0 unspecified atom stereocenters. The van der Waals surface area contributed by atoms with E-state index in [1.807, 2.05) is 11.9 Å². The van der Waals surface area contributed by atoms with Crippen LogP contribution in [0.1, 0.15) is 48.0 Å². The minimum atomic E-state index is -4.55. The van der Waals surface area contributed by atoms with Crippen LogP contribution in [0.4, 0.5) is 38.1 Å². The third kappa shape index (κ3) is 8.84. The minimum Gasteiger partial charge on any atom is -0.495 e. The van der Waals surface area contributed by atoms with Gasteiger partial charge >= 0.3 is 18.2 Å². The number of nitrogens with one attached hydrogen (secondary N) is 1. The van der Waals surface area contributed by atoms with Crippen LogP contribution in [-0.2, 0) is 15.9 Å². The molecule has 1 amide bonds. The zero-order chi connectivity index (χ0) is 34.7. The van der Waals surface area contributed by atoms with E-state index in [1.54, 1.807) is 39.0 Å². The standard InChI is InChI=1S/C33H36F5N3O5S/c1-32(2,3)46-31(43)41(26-16-22(34)20(30(42)45-6)15-27(26)44-5)13-8-11-28-21(17-33(36,37)38)19-9-7-10-25(29(19)47-28)39-24-12-14-40(4)18-23(24)35/h7,9-10,15-16,23-24,39H,12-14,17-18H2,1-6H3/t23-,24+/m0/s1. The summed E-state index contributed by atoms with van der Waals surface area (Å²) < 4.78 is 87.2. The van der Waals surface area contributed by atoms with Crippen LogP contribution >= 0.6 is 11.3 Å². The van der Waals surface area contributed by atoms with Crippen LogP contribution in [0, 0.1) is 17.7 Å². The predicted molar refractivity (Wildman–Crippen MR) is 171 cm³/mol. The number of piperidine rings is 1. The molecule has 0 radical (unpaired) electrons. The number of alkyl halides is 4. The van der Waals surface area contributed by atoms with Crippen molar-refractivity contribution in [1.29, 1.82) is 0 Å². The summed E-state index contributed by atoms with van der Waals surface area (Å²) in [6.45, 7) is 5.33. The van der Waals surface area contributed by atoms with Gasteiger partial charge in [-0.1, -0.05) is 24.0 Å². The highest BCUT2D eigenvalue weighted by Crippen LogP contribution is 2.40. The lowest BCUT2D eigenvalue weighted by atomic mass is 10.0. The van der Waals surface area contributed by atoms with Crippen LogP contribution in [0.15, 0.2) is 30.3 Å². The summed E-state index contributed by atoms with van der Waals surface area (Å²) >= 11 is 1.03. The Labute approximate surface area is 273 Å². The van der Waals surface area contributed by atoms with E-state index in [0.29, 0.717) is 28.7 Å². The number of carbonyl (C=O) groups is 2. The number of thiophene rings is 1. The van der Waals surface area contributed by atoms with E-state index in [-0.39, 0.29) is 28.4 Å². The highest BCUT2D eigenvalue weighted by Gasteiger charge is 2.33. The lowest BCUT2D eigenvalue weighted by molar-refractivity contribution is -0.127. The van der Waals surface area contributed by atoms with Gasteiger partial charge in [-0.2, -0.15) is 13.2 Å². The molecule has 2 heterocycles. The monoisotopic (exact) mass is 681 g/mol. The number of nitrogens with zero attached hydrogens (tertiary/aromatic N) is 2. The maximum Gasteiger partial charge on any atom is 0.415 e. The molecule has 4 rings (SSSR count). The number of likely N-dealkylation sites (tertiary alicyclic amines) is 1. The molecule has 254 valence electrons. The normalized spacial score (nSPS) is 17.1. The van der Waals surface area contributed by atoms with E-state index in [4.69, 9.17) is 9.47 Å². The molecule has 1 aliphatic rings. The molecule has 0 bridgehead atoms. The first kappa shape index (κ1) is 35.8. The second kappa shape index (κ2) is 14.4. The van der Waals surface area contributed by atoms with Crippen molar-refractivity contribution in [3.63, 3.8) is 0 Å². The van der Waals surface area contributed by atoms with E-state index < -0.39 is 60.4 Å². The lowest BCUT2D eigenvalue weighted by Crippen LogP contribution is -2.46. The Balaban J connectivity index is 1.76. The zero-order valence-corrected chi connectivity index (χ0v) is 27.6. The summed E-state index contributed by atoms with van der Waals surface area (Å²) in [4.78, 5) is 28.3. The average Bonchev–Trinajstić information content (AvgIpc) is 3.31. The first-order valence-corrected chi connectivity index (χ1v) is 15.5. The Morgan fingerprint density at radius 1 is 1.17 bits per heavy atom. The number of amides is 1. The van der Waals surface area contributed by atoms with Gasteiger partial charge in [-0.25, -0.2) is 18.4 Å². The zero-order valence-electron chi connectivity index (χ0n) is 26.8. The van der Waals surface area contributed by atoms with Gasteiger partial charge < -0.3 is 24.4 Å². The second-order valence-electron chi connectivity index (χ2n) is 12.1. The van der Waals surface area contributed by atoms with Crippen molar-refractivity contribution in [2.45, 2.75) is 57.6 Å². The summed E-state index contributed by atoms with van der Waals surface area (Å²) in [5, 5.41) is 3.52. The van der Waals surface area contributed by atoms with Crippen LogP contribution in [-0.4, -0.2) is 81.9 Å². The molecule has 0 aliphatic carbocycles. The number of halogens is 5. The molecule has 2 atom stereocenters. The molecule has 1 saturated heterocycles. The molecule has 14 heteroatoms. The number of methoxy groups -OCH3 is 2. The second-order valence-corrected chi connectivity index (χ2v) is 13.1. The van der Waals surface area contributed by atoms with Crippen LogP contribution in [0.2, 0.25) is 0 Å². The van der Waals surface area contributed by atoms with Gasteiger partial charge in [0.15, 0.2) is 0 Å². The van der Waals surface area contributed by atoms with E-state index >= 15 is 4.39 Å². The molecule has 1 aromatic heterocycles. The van der Waals surface area contributed by atoms with Gasteiger partial charge in [0, 0.05) is 19.2 Å². The van der Waals surface area contributed by atoms with Crippen molar-refractivity contribution in [1.82, 2.24) is 4.90 Å². The molecule has 3 aromatic rings. The van der Waals surface area contributed by atoms with Crippen LogP contribution < -0.4 is 15.0 Å². The molecular weight excluding hydrogens is 645 g/mol. The van der Waals surface area contributed by atoms with Gasteiger partial charge in [0.25, 0.3) is 0 Å². The van der Waals surface area contributed by atoms with E-state index in [0.717, 1.165) is 35.5 Å². The summed E-state index contributed by atoms with van der Waals surface area (Å²) in [6, 6.07) is 6.32. The van der Waals surface area contributed by atoms with Crippen molar-refractivity contribution >= 4 is 44.9 Å². The number of benzene rings is 2. The summed E-state index contributed by atoms with van der Waals surface area (Å²) in [5.74, 6) is 3.48. The number of anilines is 2. The number of fused-ring (bicyclic) bond motifs is 1. The topological polar surface area (TPSA) is 80.3 Å². The maximum absolute atomic E-state index is 15.0. The van der Waals surface area contributed by atoms with Gasteiger partial charge in [-0.05, 0) is 57.3 Å². The van der Waals surface area contributed by atoms with E-state index in [1.165, 1.54) is 7.11 Å². The number of rotatable bonds is 7. The highest BCUT2D eigenvalue weighted by atomic mass is 32.1. The van der Waals surface area contributed by atoms with Gasteiger partial charge in [-0.3, -0.25) is 4.90 Å². The smallest absolute Gasteiger partial charge is 0.415 e.